The number of amides is 2. The number of allylic oxidation sites excluding steroid dienone is 1. The number of benzene rings is 2. The summed E-state index contributed by atoms with van der Waals surface area (Å²) >= 11 is 0. The number of rotatable bonds is 11. The normalized spacial score (nSPS) is 20.7. The number of phenols is 1. The van der Waals surface area contributed by atoms with Crippen molar-refractivity contribution in [1.82, 2.24) is 4.98 Å². The van der Waals surface area contributed by atoms with Crippen LogP contribution in [0.15, 0.2) is 71.9 Å². The maximum Gasteiger partial charge on any atom is 0.271 e. The van der Waals surface area contributed by atoms with Gasteiger partial charge in [0, 0.05) is 31.4 Å². The first kappa shape index (κ1) is 32.7. The van der Waals surface area contributed by atoms with E-state index in [2.05, 4.69) is 4.98 Å². The van der Waals surface area contributed by atoms with Crippen LogP contribution in [-0.2, 0) is 14.3 Å². The van der Waals surface area contributed by atoms with E-state index < -0.39 is 47.2 Å². The van der Waals surface area contributed by atoms with E-state index in [1.807, 2.05) is 50.3 Å². The number of methoxy groups -OCH3 is 1. The third kappa shape index (κ3) is 6.34. The van der Waals surface area contributed by atoms with Gasteiger partial charge in [0.2, 0.25) is 11.8 Å². The van der Waals surface area contributed by atoms with Gasteiger partial charge in [0.05, 0.1) is 47.5 Å². The predicted octanol–water partition coefficient (Wildman–Crippen LogP) is 4.75. The first-order valence-electron chi connectivity index (χ1n) is 15.1. The third-order valence-corrected chi connectivity index (χ3v) is 8.89. The average molecular weight is 628 g/mol. The molecule has 1 aromatic heterocycles. The van der Waals surface area contributed by atoms with Crippen molar-refractivity contribution < 1.29 is 34.6 Å². The zero-order chi connectivity index (χ0) is 33.1. The van der Waals surface area contributed by atoms with Crippen LogP contribution >= 0.6 is 0 Å². The number of nitro benzene ring substituents is 1. The Morgan fingerprint density at radius 3 is 2.50 bits per heavy atom. The Kier molecular flexibility index (Phi) is 9.76. The molecule has 0 spiro atoms. The molecule has 46 heavy (non-hydrogen) atoms. The molecule has 3 N–H and O–H groups in total. The van der Waals surface area contributed by atoms with E-state index in [4.69, 9.17) is 4.74 Å². The molecule has 2 aromatic carbocycles. The van der Waals surface area contributed by atoms with Gasteiger partial charge >= 0.3 is 0 Å². The van der Waals surface area contributed by atoms with Crippen molar-refractivity contribution in [3.8, 4) is 5.75 Å². The molecule has 11 nitrogen and oxygen atoms in total. The fourth-order valence-corrected chi connectivity index (χ4v) is 6.81. The summed E-state index contributed by atoms with van der Waals surface area (Å²) < 4.78 is 5.45. The number of aliphatic hydroxyl groups is 2. The standard InChI is InChI=1S/C35H37N3O8/c1-20-13-22(14-21(2)33(20)41)15-23(29-9-4-5-12-36-29)10-11-30(40)31-24(19-46-3)16-27-32(28(31)18-39)35(43)37(34(27)42)25-7-6-8-26(17-25)38(44)45/h4-9,12-15,17,27-28,30,32,39-41H,10-11,16,18-19H2,1-3H3/b23-15-/t27-,28+,30-,32-/m1/s1. The Hall–Kier alpha value is -4.71. The van der Waals surface area contributed by atoms with E-state index in [9.17, 15) is 35.0 Å². The second-order valence-electron chi connectivity index (χ2n) is 11.8. The molecule has 2 amide bonds. The van der Waals surface area contributed by atoms with Crippen LogP contribution < -0.4 is 4.90 Å². The van der Waals surface area contributed by atoms with Crippen LogP contribution in [0.25, 0.3) is 11.6 Å². The van der Waals surface area contributed by atoms with E-state index in [-0.39, 0.29) is 36.6 Å². The lowest BCUT2D eigenvalue weighted by atomic mass is 9.68. The van der Waals surface area contributed by atoms with Crippen LogP contribution in [0.1, 0.15) is 41.6 Å². The van der Waals surface area contributed by atoms with E-state index in [0.717, 1.165) is 32.9 Å². The lowest BCUT2D eigenvalue weighted by molar-refractivity contribution is -0.384. The number of imide groups is 1. The number of aromatic nitrogens is 1. The molecule has 5 rings (SSSR count). The van der Waals surface area contributed by atoms with Crippen LogP contribution in [0.2, 0.25) is 0 Å². The molecule has 3 aromatic rings. The molecule has 240 valence electrons. The fraction of sp³-hybridized carbons (Fsp3) is 0.343. The number of fused-ring (bicyclic) bond motifs is 1. The van der Waals surface area contributed by atoms with Crippen molar-refractivity contribution in [2.45, 2.75) is 39.2 Å². The molecule has 0 saturated carbocycles. The molecule has 11 heteroatoms. The predicted molar refractivity (Wildman–Crippen MR) is 172 cm³/mol. The van der Waals surface area contributed by atoms with Crippen molar-refractivity contribution in [2.75, 3.05) is 25.2 Å². The Morgan fingerprint density at radius 2 is 1.87 bits per heavy atom. The summed E-state index contributed by atoms with van der Waals surface area (Å²) in [6.45, 7) is 3.26. The van der Waals surface area contributed by atoms with Gasteiger partial charge in [0.25, 0.3) is 5.69 Å². The quantitative estimate of drug-likeness (QED) is 0.118. The van der Waals surface area contributed by atoms with Crippen LogP contribution in [0.4, 0.5) is 11.4 Å². The third-order valence-electron chi connectivity index (χ3n) is 8.89. The van der Waals surface area contributed by atoms with E-state index >= 15 is 0 Å². The van der Waals surface area contributed by atoms with Gasteiger partial charge in [-0.1, -0.05) is 12.1 Å². The summed E-state index contributed by atoms with van der Waals surface area (Å²) in [5, 5.41) is 44.0. The van der Waals surface area contributed by atoms with Crippen LogP contribution in [0, 0.1) is 41.7 Å². The Morgan fingerprint density at radius 1 is 1.13 bits per heavy atom. The highest BCUT2D eigenvalue weighted by molar-refractivity contribution is 6.22. The van der Waals surface area contributed by atoms with Crippen LogP contribution in [-0.4, -0.2) is 63.5 Å². The van der Waals surface area contributed by atoms with Gasteiger partial charge in [-0.3, -0.25) is 24.7 Å². The molecule has 0 bridgehead atoms. The van der Waals surface area contributed by atoms with E-state index in [0.29, 0.717) is 17.6 Å². The molecular weight excluding hydrogens is 590 g/mol. The Labute approximate surface area is 266 Å². The number of phenolic OH excluding ortho intramolecular Hbond substituents is 1. The lowest BCUT2D eigenvalue weighted by Crippen LogP contribution is -2.39. The molecule has 4 atom stereocenters. The van der Waals surface area contributed by atoms with Crippen molar-refractivity contribution in [3.05, 3.63) is 104 Å². The first-order valence-corrected chi connectivity index (χ1v) is 15.1. The van der Waals surface area contributed by atoms with Crippen LogP contribution in [0.3, 0.4) is 0 Å². The second-order valence-corrected chi connectivity index (χ2v) is 11.8. The van der Waals surface area contributed by atoms with Crippen LogP contribution in [0.5, 0.6) is 5.75 Å². The van der Waals surface area contributed by atoms with Gasteiger partial charge in [-0.2, -0.15) is 0 Å². The average Bonchev–Trinajstić information content (AvgIpc) is 3.30. The molecule has 1 saturated heterocycles. The molecule has 2 heterocycles. The van der Waals surface area contributed by atoms with E-state index in [1.54, 1.807) is 6.20 Å². The minimum absolute atomic E-state index is 0.0931. The highest BCUT2D eigenvalue weighted by atomic mass is 16.6. The van der Waals surface area contributed by atoms with Crippen molar-refractivity contribution in [1.29, 1.82) is 0 Å². The summed E-state index contributed by atoms with van der Waals surface area (Å²) in [6.07, 6.45) is 3.34. The van der Waals surface area contributed by atoms with Crippen molar-refractivity contribution in [3.63, 3.8) is 0 Å². The molecule has 1 aliphatic heterocycles. The number of carbonyl (C=O) groups excluding carboxylic acids is 2. The molecule has 0 radical (unpaired) electrons. The monoisotopic (exact) mass is 627 g/mol. The van der Waals surface area contributed by atoms with Gasteiger partial charge in [-0.05, 0) is 103 Å². The second kappa shape index (κ2) is 13.7. The summed E-state index contributed by atoms with van der Waals surface area (Å²) in [6, 6.07) is 14.7. The number of carbonyl (C=O) groups is 2. The minimum Gasteiger partial charge on any atom is -0.507 e. The smallest absolute Gasteiger partial charge is 0.271 e. The van der Waals surface area contributed by atoms with Crippen molar-refractivity contribution in [2.24, 2.45) is 17.8 Å². The number of hydrogen-bond acceptors (Lipinski definition) is 9. The largest absolute Gasteiger partial charge is 0.507 e. The number of non-ortho nitro benzene ring substituents is 1. The molecule has 0 unspecified atom stereocenters. The number of aryl methyl sites for hydroxylation is 2. The summed E-state index contributed by atoms with van der Waals surface area (Å²) in [4.78, 5) is 43.7. The number of anilines is 1. The fourth-order valence-electron chi connectivity index (χ4n) is 6.81. The summed E-state index contributed by atoms with van der Waals surface area (Å²) in [5.41, 5.74) is 4.86. The Bertz CT molecular complexity index is 1690. The molecule has 2 aliphatic rings. The zero-order valence-corrected chi connectivity index (χ0v) is 25.9. The number of aliphatic hydroxyl groups excluding tert-OH is 2. The first-order chi connectivity index (χ1) is 22.0. The van der Waals surface area contributed by atoms with E-state index in [1.165, 1.54) is 31.4 Å². The summed E-state index contributed by atoms with van der Waals surface area (Å²) in [7, 11) is 1.50. The summed E-state index contributed by atoms with van der Waals surface area (Å²) in [5.74, 6) is -3.45. The Balaban J connectivity index is 1.46. The van der Waals surface area contributed by atoms with Gasteiger partial charge < -0.3 is 20.1 Å². The number of aromatic hydroxyl groups is 1. The van der Waals surface area contributed by atoms with Gasteiger partial charge in [0.15, 0.2) is 0 Å². The number of ether oxygens (including phenoxy) is 1. The number of nitro groups is 1. The maximum absolute atomic E-state index is 13.8. The number of nitrogens with zero attached hydrogens (tertiary/aromatic N) is 3. The van der Waals surface area contributed by atoms with Gasteiger partial charge in [0.1, 0.15) is 5.75 Å². The molecule has 1 fully saturated rings. The molecule has 1 aliphatic carbocycles. The highest BCUT2D eigenvalue weighted by Crippen LogP contribution is 2.47. The molecular formula is C35H37N3O8. The zero-order valence-electron chi connectivity index (χ0n) is 25.9. The number of hydrogen-bond donors (Lipinski definition) is 3. The number of pyridine rings is 1. The lowest BCUT2D eigenvalue weighted by Gasteiger charge is -2.36. The maximum atomic E-state index is 13.8. The van der Waals surface area contributed by atoms with Crippen molar-refractivity contribution >= 4 is 34.8 Å². The SMILES string of the molecule is COCC1=C([C@H](O)CC/C(=C/c2cc(C)c(O)c(C)c2)c2ccccn2)[C@H](CO)[C@@H]2C(=O)N(c3cccc([N+](=O)[O-])c3)C(=O)[C@@H]2C1. The van der Waals surface area contributed by atoms with Gasteiger partial charge in [-0.15, -0.1) is 0 Å². The minimum atomic E-state index is -1.08. The van der Waals surface area contributed by atoms with Gasteiger partial charge in [-0.25, -0.2) is 4.90 Å². The highest BCUT2D eigenvalue weighted by Gasteiger charge is 2.55. The topological polar surface area (TPSA) is 163 Å².